The molecule has 1 aliphatic carbocycles. The number of unbranched alkanes of at least 4 members (excludes halogenated alkanes) is 8. The average Bonchev–Trinajstić information content (AvgIpc) is 2.54. The Labute approximate surface area is 141 Å². The summed E-state index contributed by atoms with van der Waals surface area (Å²) in [6.45, 7) is 5.90. The molecule has 0 bridgehead atoms. The zero-order chi connectivity index (χ0) is 17.1. The number of carbonyl (C=O) groups is 2. The standard InChI is InChI=1S/C20H32O3/c1-4-5-6-7-8-9-10-11-12-13-19(21)23-18-15-14-16(2)17(3)20(18)22/h14-15,18H,4-13H2,1-3H3. The van der Waals surface area contributed by atoms with Crippen LogP contribution in [0.25, 0.3) is 0 Å². The van der Waals surface area contributed by atoms with Gasteiger partial charge in [-0.25, -0.2) is 0 Å². The highest BCUT2D eigenvalue weighted by atomic mass is 16.5. The van der Waals surface area contributed by atoms with E-state index in [0.717, 1.165) is 18.4 Å². The van der Waals surface area contributed by atoms with Crippen LogP contribution in [0.15, 0.2) is 23.3 Å². The van der Waals surface area contributed by atoms with Gasteiger partial charge < -0.3 is 4.74 Å². The van der Waals surface area contributed by atoms with E-state index in [0.29, 0.717) is 12.0 Å². The van der Waals surface area contributed by atoms with E-state index in [-0.39, 0.29) is 11.8 Å². The Morgan fingerprint density at radius 1 is 1.00 bits per heavy atom. The minimum absolute atomic E-state index is 0.0922. The fourth-order valence-corrected chi connectivity index (χ4v) is 2.73. The Balaban J connectivity index is 2.07. The fraction of sp³-hybridized carbons (Fsp3) is 0.700. The minimum atomic E-state index is -0.718. The van der Waals surface area contributed by atoms with Crippen molar-refractivity contribution < 1.29 is 14.3 Å². The van der Waals surface area contributed by atoms with E-state index in [4.69, 9.17) is 4.74 Å². The van der Waals surface area contributed by atoms with Crippen LogP contribution in [-0.2, 0) is 14.3 Å². The van der Waals surface area contributed by atoms with Crippen LogP contribution in [0.5, 0.6) is 0 Å². The maximum absolute atomic E-state index is 12.0. The number of hydrogen-bond acceptors (Lipinski definition) is 3. The molecule has 0 saturated carbocycles. The van der Waals surface area contributed by atoms with E-state index in [1.54, 1.807) is 13.0 Å². The summed E-state index contributed by atoms with van der Waals surface area (Å²) in [7, 11) is 0. The van der Waals surface area contributed by atoms with Crippen LogP contribution in [0.4, 0.5) is 0 Å². The number of rotatable bonds is 11. The van der Waals surface area contributed by atoms with Gasteiger partial charge in [-0.15, -0.1) is 0 Å². The second-order valence-electron chi connectivity index (χ2n) is 6.52. The van der Waals surface area contributed by atoms with Crippen molar-refractivity contribution in [2.24, 2.45) is 0 Å². The predicted octanol–water partition coefficient (Wildman–Crippen LogP) is 5.29. The summed E-state index contributed by atoms with van der Waals surface area (Å²) >= 11 is 0. The molecule has 1 atom stereocenters. The lowest BCUT2D eigenvalue weighted by Crippen LogP contribution is -2.28. The minimum Gasteiger partial charge on any atom is -0.450 e. The molecule has 0 heterocycles. The lowest BCUT2D eigenvalue weighted by atomic mass is 9.97. The zero-order valence-corrected chi connectivity index (χ0v) is 15.0. The second kappa shape index (κ2) is 11.2. The largest absolute Gasteiger partial charge is 0.450 e. The first kappa shape index (κ1) is 19.7. The van der Waals surface area contributed by atoms with Crippen molar-refractivity contribution in [2.75, 3.05) is 0 Å². The van der Waals surface area contributed by atoms with Gasteiger partial charge >= 0.3 is 5.97 Å². The molecule has 1 unspecified atom stereocenters. The molecule has 0 amide bonds. The van der Waals surface area contributed by atoms with Crippen molar-refractivity contribution in [3.05, 3.63) is 23.3 Å². The molecule has 0 spiro atoms. The Morgan fingerprint density at radius 3 is 2.17 bits per heavy atom. The lowest BCUT2D eigenvalue weighted by molar-refractivity contribution is -0.151. The Hall–Kier alpha value is -1.38. The maximum atomic E-state index is 12.0. The molecule has 0 radical (unpaired) electrons. The van der Waals surface area contributed by atoms with Crippen LogP contribution in [0.3, 0.4) is 0 Å². The van der Waals surface area contributed by atoms with E-state index in [9.17, 15) is 9.59 Å². The molecule has 0 aromatic carbocycles. The Kier molecular flexibility index (Phi) is 9.58. The first-order valence-electron chi connectivity index (χ1n) is 9.15. The molecule has 1 rings (SSSR count). The van der Waals surface area contributed by atoms with Gasteiger partial charge in [-0.1, -0.05) is 64.4 Å². The molecule has 0 fully saturated rings. The highest BCUT2D eigenvalue weighted by Crippen LogP contribution is 2.18. The summed E-state index contributed by atoms with van der Waals surface area (Å²) in [5.74, 6) is -0.353. The van der Waals surface area contributed by atoms with Crippen LogP contribution < -0.4 is 0 Å². The first-order chi connectivity index (χ1) is 11.1. The van der Waals surface area contributed by atoms with Gasteiger partial charge in [0.25, 0.3) is 0 Å². The van der Waals surface area contributed by atoms with Gasteiger partial charge in [-0.05, 0) is 37.5 Å². The molecule has 3 nitrogen and oxygen atoms in total. The number of hydrogen-bond donors (Lipinski definition) is 0. The monoisotopic (exact) mass is 320 g/mol. The van der Waals surface area contributed by atoms with E-state index in [1.165, 1.54) is 44.9 Å². The molecular weight excluding hydrogens is 288 g/mol. The third-order valence-electron chi connectivity index (χ3n) is 4.48. The molecule has 0 saturated heterocycles. The topological polar surface area (TPSA) is 43.4 Å². The maximum Gasteiger partial charge on any atom is 0.306 e. The molecule has 0 N–H and O–H groups in total. The fourth-order valence-electron chi connectivity index (χ4n) is 2.73. The van der Waals surface area contributed by atoms with Crippen LogP contribution >= 0.6 is 0 Å². The Bertz CT molecular complexity index is 446. The van der Waals surface area contributed by atoms with Crippen molar-refractivity contribution in [2.45, 2.75) is 91.1 Å². The number of ketones is 1. The first-order valence-corrected chi connectivity index (χ1v) is 9.15. The van der Waals surface area contributed by atoms with E-state index in [2.05, 4.69) is 6.92 Å². The smallest absolute Gasteiger partial charge is 0.306 e. The van der Waals surface area contributed by atoms with Gasteiger partial charge in [0.05, 0.1) is 0 Å². The Morgan fingerprint density at radius 2 is 1.57 bits per heavy atom. The number of ether oxygens (including phenoxy) is 1. The number of esters is 1. The van der Waals surface area contributed by atoms with Crippen LogP contribution in [0, 0.1) is 0 Å². The van der Waals surface area contributed by atoms with E-state index >= 15 is 0 Å². The molecule has 1 aliphatic rings. The molecule has 3 heteroatoms. The molecular formula is C20H32O3. The predicted molar refractivity (Wildman–Crippen MR) is 94.2 cm³/mol. The van der Waals surface area contributed by atoms with Crippen molar-refractivity contribution in [3.63, 3.8) is 0 Å². The van der Waals surface area contributed by atoms with Crippen molar-refractivity contribution in [3.8, 4) is 0 Å². The lowest BCUT2D eigenvalue weighted by Gasteiger charge is -2.18. The molecule has 0 aliphatic heterocycles. The number of Topliss-reactive ketones (excluding diaryl/α,β-unsaturated/α-hetero) is 1. The molecule has 23 heavy (non-hydrogen) atoms. The SMILES string of the molecule is CCCCCCCCCCCC(=O)OC1C=CC(C)=C(C)C1=O. The summed E-state index contributed by atoms with van der Waals surface area (Å²) < 4.78 is 5.28. The molecule has 130 valence electrons. The summed E-state index contributed by atoms with van der Waals surface area (Å²) in [5, 5.41) is 0. The average molecular weight is 320 g/mol. The van der Waals surface area contributed by atoms with Crippen molar-refractivity contribution in [1.29, 1.82) is 0 Å². The summed E-state index contributed by atoms with van der Waals surface area (Å²) in [6, 6.07) is 0. The zero-order valence-electron chi connectivity index (χ0n) is 15.0. The highest BCUT2D eigenvalue weighted by molar-refractivity contribution is 6.02. The third-order valence-corrected chi connectivity index (χ3v) is 4.48. The quantitative estimate of drug-likeness (QED) is 0.383. The van der Waals surface area contributed by atoms with Gasteiger partial charge in [-0.3, -0.25) is 9.59 Å². The summed E-state index contributed by atoms with van der Waals surface area (Å²) in [6.07, 6.45) is 14.2. The number of carbonyl (C=O) groups excluding carboxylic acids is 2. The second-order valence-corrected chi connectivity index (χ2v) is 6.52. The van der Waals surface area contributed by atoms with Crippen LogP contribution in [0.1, 0.15) is 85.0 Å². The van der Waals surface area contributed by atoms with Gasteiger partial charge in [0, 0.05) is 6.42 Å². The summed E-state index contributed by atoms with van der Waals surface area (Å²) in [4.78, 5) is 23.8. The van der Waals surface area contributed by atoms with Gasteiger partial charge in [0.15, 0.2) is 6.10 Å². The van der Waals surface area contributed by atoms with E-state index in [1.807, 2.05) is 13.0 Å². The van der Waals surface area contributed by atoms with Crippen molar-refractivity contribution in [1.82, 2.24) is 0 Å². The van der Waals surface area contributed by atoms with Gasteiger partial charge in [-0.2, -0.15) is 0 Å². The molecule has 0 aromatic heterocycles. The number of allylic oxidation sites excluding steroid dienone is 2. The normalized spacial score (nSPS) is 17.7. The van der Waals surface area contributed by atoms with Crippen LogP contribution in [0.2, 0.25) is 0 Å². The van der Waals surface area contributed by atoms with E-state index < -0.39 is 6.10 Å². The highest BCUT2D eigenvalue weighted by Gasteiger charge is 2.24. The van der Waals surface area contributed by atoms with Gasteiger partial charge in [0.2, 0.25) is 5.78 Å². The third kappa shape index (κ3) is 7.62. The summed E-state index contributed by atoms with van der Waals surface area (Å²) in [5.41, 5.74) is 1.63. The van der Waals surface area contributed by atoms with Gasteiger partial charge in [0.1, 0.15) is 0 Å². The molecule has 0 aromatic rings. The van der Waals surface area contributed by atoms with Crippen LogP contribution in [-0.4, -0.2) is 17.9 Å². The van der Waals surface area contributed by atoms with Crippen molar-refractivity contribution >= 4 is 11.8 Å².